The third-order valence-electron chi connectivity index (χ3n) is 6.62. The number of amides is 3. The predicted molar refractivity (Wildman–Crippen MR) is 137 cm³/mol. The van der Waals surface area contributed by atoms with Crippen LogP contribution in [0.15, 0.2) is 48.7 Å². The lowest BCUT2D eigenvalue weighted by atomic mass is 9.99. The summed E-state index contributed by atoms with van der Waals surface area (Å²) in [5.41, 5.74) is 4.60. The summed E-state index contributed by atoms with van der Waals surface area (Å²) in [5, 5.41) is 17.4. The molecule has 1 aliphatic rings. The molecule has 9 nitrogen and oxygen atoms in total. The lowest BCUT2D eigenvalue weighted by Gasteiger charge is -2.27. The SMILES string of the molecule is CC(C)(N)CCc1cn(-c2ccc(CN3C(=O)N(c4ccc(C#N)c(C(F)(F)F)c4)C(=O)C3(C)C)cc2)nn1. The molecule has 0 saturated carbocycles. The molecule has 2 aromatic carbocycles. The molecule has 1 fully saturated rings. The molecule has 0 radical (unpaired) electrons. The van der Waals surface area contributed by atoms with Gasteiger partial charge in [0.15, 0.2) is 0 Å². The van der Waals surface area contributed by atoms with Crippen molar-refractivity contribution in [2.45, 2.75) is 64.3 Å². The van der Waals surface area contributed by atoms with Gasteiger partial charge in [-0.2, -0.15) is 18.4 Å². The van der Waals surface area contributed by atoms with Gasteiger partial charge in [0.05, 0.1) is 40.5 Å². The Bertz CT molecular complexity index is 1450. The van der Waals surface area contributed by atoms with Crippen molar-refractivity contribution in [2.24, 2.45) is 5.73 Å². The predicted octanol–water partition coefficient (Wildman–Crippen LogP) is 4.58. The second-order valence-electron chi connectivity index (χ2n) is 10.7. The number of alkyl halides is 3. The van der Waals surface area contributed by atoms with Crippen molar-refractivity contribution in [3.8, 4) is 11.8 Å². The number of imide groups is 1. The number of nitriles is 1. The molecule has 1 aromatic heterocycles. The van der Waals surface area contributed by atoms with Crippen molar-refractivity contribution < 1.29 is 22.8 Å². The number of nitrogens with two attached hydrogens (primary N) is 1. The monoisotopic (exact) mass is 539 g/mol. The zero-order valence-electron chi connectivity index (χ0n) is 22.0. The highest BCUT2D eigenvalue weighted by Crippen LogP contribution is 2.38. The maximum atomic E-state index is 13.5. The van der Waals surface area contributed by atoms with E-state index in [1.54, 1.807) is 28.9 Å². The molecule has 0 aliphatic carbocycles. The van der Waals surface area contributed by atoms with Gasteiger partial charge in [0.2, 0.25) is 0 Å². The fourth-order valence-corrected chi connectivity index (χ4v) is 4.26. The van der Waals surface area contributed by atoms with Gasteiger partial charge in [-0.25, -0.2) is 14.4 Å². The Hall–Kier alpha value is -4.24. The summed E-state index contributed by atoms with van der Waals surface area (Å²) in [5.74, 6) is -0.669. The Morgan fingerprint density at radius 3 is 2.28 bits per heavy atom. The molecule has 1 saturated heterocycles. The van der Waals surface area contributed by atoms with Crippen LogP contribution in [0.3, 0.4) is 0 Å². The summed E-state index contributed by atoms with van der Waals surface area (Å²) in [6, 6.07) is 10.7. The van der Waals surface area contributed by atoms with Crippen LogP contribution in [-0.2, 0) is 23.9 Å². The number of urea groups is 1. The molecule has 3 aromatic rings. The van der Waals surface area contributed by atoms with Gasteiger partial charge in [-0.15, -0.1) is 5.10 Å². The highest BCUT2D eigenvalue weighted by molar-refractivity contribution is 6.23. The van der Waals surface area contributed by atoms with Crippen molar-refractivity contribution in [2.75, 3.05) is 4.90 Å². The number of halogens is 3. The van der Waals surface area contributed by atoms with Crippen LogP contribution in [-0.4, -0.2) is 42.9 Å². The van der Waals surface area contributed by atoms with Crippen LogP contribution >= 0.6 is 0 Å². The minimum atomic E-state index is -4.82. The summed E-state index contributed by atoms with van der Waals surface area (Å²) in [4.78, 5) is 28.6. The topological polar surface area (TPSA) is 121 Å². The van der Waals surface area contributed by atoms with Crippen LogP contribution in [0.4, 0.5) is 23.7 Å². The van der Waals surface area contributed by atoms with E-state index >= 15 is 0 Å². The third kappa shape index (κ3) is 5.63. The van der Waals surface area contributed by atoms with E-state index in [1.165, 1.54) is 30.9 Å². The Morgan fingerprint density at radius 2 is 1.69 bits per heavy atom. The Labute approximate surface area is 223 Å². The number of aryl methyl sites for hydroxylation is 1. The second-order valence-corrected chi connectivity index (χ2v) is 10.7. The molecule has 3 amide bonds. The van der Waals surface area contributed by atoms with Crippen LogP contribution in [0.1, 0.15) is 56.5 Å². The number of hydrogen-bond acceptors (Lipinski definition) is 6. The zero-order valence-corrected chi connectivity index (χ0v) is 22.0. The molecule has 0 atom stereocenters. The molecular formula is C27H28F3N7O2. The molecule has 2 heterocycles. The summed E-state index contributed by atoms with van der Waals surface area (Å²) >= 11 is 0. The van der Waals surface area contributed by atoms with E-state index in [4.69, 9.17) is 11.0 Å². The Balaban J connectivity index is 1.54. The van der Waals surface area contributed by atoms with Gasteiger partial charge in [-0.1, -0.05) is 17.3 Å². The number of benzene rings is 2. The van der Waals surface area contributed by atoms with E-state index in [0.717, 1.165) is 28.8 Å². The van der Waals surface area contributed by atoms with Crippen LogP contribution in [0.5, 0.6) is 0 Å². The number of aromatic nitrogens is 3. The van der Waals surface area contributed by atoms with Gasteiger partial charge in [0.1, 0.15) is 5.54 Å². The lowest BCUT2D eigenvalue weighted by Crippen LogP contribution is -2.43. The summed E-state index contributed by atoms with van der Waals surface area (Å²) in [6.07, 6.45) is -1.57. The van der Waals surface area contributed by atoms with Crippen LogP contribution < -0.4 is 10.6 Å². The molecular weight excluding hydrogens is 511 g/mol. The van der Waals surface area contributed by atoms with Crippen LogP contribution in [0, 0.1) is 11.3 Å². The van der Waals surface area contributed by atoms with E-state index in [9.17, 15) is 22.8 Å². The average molecular weight is 540 g/mol. The molecule has 0 spiro atoms. The zero-order chi connectivity index (χ0) is 28.8. The normalized spacial score (nSPS) is 15.7. The number of rotatable bonds is 7. The number of nitrogens with zero attached hydrogens (tertiary/aromatic N) is 6. The van der Waals surface area contributed by atoms with Gasteiger partial charge < -0.3 is 10.6 Å². The lowest BCUT2D eigenvalue weighted by molar-refractivity contribution is -0.137. The van der Waals surface area contributed by atoms with E-state index in [0.29, 0.717) is 18.1 Å². The average Bonchev–Trinajstić information content (AvgIpc) is 3.40. The molecule has 12 heteroatoms. The number of carbonyl (C=O) groups is 2. The fraction of sp³-hybridized carbons (Fsp3) is 0.370. The molecule has 204 valence electrons. The minimum Gasteiger partial charge on any atom is -0.326 e. The first-order chi connectivity index (χ1) is 18.1. The van der Waals surface area contributed by atoms with Gasteiger partial charge in [-0.05, 0) is 76.4 Å². The standard InChI is InChI=1S/C27H28F3N7O2/c1-25(2,32)12-11-19-16-36(34-33-19)20-8-5-17(6-9-20)15-35-24(39)37(23(38)26(35,3)4)21-10-7-18(14-31)22(13-21)27(28,29)30/h5-10,13,16H,11-12,15,32H2,1-4H3. The second kappa shape index (κ2) is 9.81. The molecule has 0 bridgehead atoms. The molecule has 0 unspecified atom stereocenters. The highest BCUT2D eigenvalue weighted by atomic mass is 19.4. The van der Waals surface area contributed by atoms with Crippen LogP contribution in [0.2, 0.25) is 0 Å². The van der Waals surface area contributed by atoms with Crippen molar-refractivity contribution in [1.82, 2.24) is 19.9 Å². The maximum absolute atomic E-state index is 13.5. The van der Waals surface area contributed by atoms with Gasteiger partial charge in [0.25, 0.3) is 5.91 Å². The van der Waals surface area contributed by atoms with Crippen molar-refractivity contribution in [3.05, 3.63) is 71.0 Å². The molecule has 4 rings (SSSR count). The van der Waals surface area contributed by atoms with E-state index in [1.807, 2.05) is 20.0 Å². The number of anilines is 1. The van der Waals surface area contributed by atoms with Crippen LogP contribution in [0.25, 0.3) is 5.69 Å². The largest absolute Gasteiger partial charge is 0.417 e. The Kier molecular flexibility index (Phi) is 6.99. The molecule has 2 N–H and O–H groups in total. The summed E-state index contributed by atoms with van der Waals surface area (Å²) in [6.45, 7) is 7.01. The van der Waals surface area contributed by atoms with E-state index in [-0.39, 0.29) is 17.8 Å². The van der Waals surface area contributed by atoms with Gasteiger partial charge in [0, 0.05) is 12.1 Å². The minimum absolute atomic E-state index is 0.0466. The Morgan fingerprint density at radius 1 is 1.05 bits per heavy atom. The van der Waals surface area contributed by atoms with Crippen molar-refractivity contribution >= 4 is 17.6 Å². The quantitative estimate of drug-likeness (QED) is 0.439. The first-order valence-electron chi connectivity index (χ1n) is 12.2. The van der Waals surface area contributed by atoms with E-state index < -0.39 is 34.8 Å². The number of hydrogen-bond donors (Lipinski definition) is 1. The first-order valence-corrected chi connectivity index (χ1v) is 12.2. The van der Waals surface area contributed by atoms with E-state index in [2.05, 4.69) is 10.3 Å². The van der Waals surface area contributed by atoms with Gasteiger partial charge in [-0.3, -0.25) is 4.79 Å². The first kappa shape index (κ1) is 27.8. The summed E-state index contributed by atoms with van der Waals surface area (Å²) in [7, 11) is 0. The highest BCUT2D eigenvalue weighted by Gasteiger charge is 2.52. The third-order valence-corrected chi connectivity index (χ3v) is 6.62. The fourth-order valence-electron chi connectivity index (χ4n) is 4.26. The molecule has 39 heavy (non-hydrogen) atoms. The van der Waals surface area contributed by atoms with Crippen molar-refractivity contribution in [1.29, 1.82) is 5.26 Å². The molecule has 1 aliphatic heterocycles. The van der Waals surface area contributed by atoms with Crippen molar-refractivity contribution in [3.63, 3.8) is 0 Å². The smallest absolute Gasteiger partial charge is 0.326 e. The summed E-state index contributed by atoms with van der Waals surface area (Å²) < 4.78 is 42.1. The number of carbonyl (C=O) groups excluding carboxylic acids is 2. The van der Waals surface area contributed by atoms with Gasteiger partial charge >= 0.3 is 12.2 Å². The maximum Gasteiger partial charge on any atom is 0.417 e.